The summed E-state index contributed by atoms with van der Waals surface area (Å²) in [5.41, 5.74) is 11.5. The third-order valence-electron chi connectivity index (χ3n) is 4.04. The fourth-order valence-electron chi connectivity index (χ4n) is 2.56. The zero-order valence-electron chi connectivity index (χ0n) is 14.0. The van der Waals surface area contributed by atoms with E-state index in [1.807, 2.05) is 36.4 Å². The minimum absolute atomic E-state index is 0.271. The van der Waals surface area contributed by atoms with E-state index in [-0.39, 0.29) is 12.2 Å². The van der Waals surface area contributed by atoms with Gasteiger partial charge in [0, 0.05) is 36.5 Å². The number of ether oxygens (including phenoxy) is 1. The summed E-state index contributed by atoms with van der Waals surface area (Å²) >= 11 is 0. The summed E-state index contributed by atoms with van der Waals surface area (Å²) in [6.45, 7) is 1.34. The molecule has 2 aromatic rings. The van der Waals surface area contributed by atoms with Crippen LogP contribution in [-0.2, 0) is 16.1 Å². The third kappa shape index (κ3) is 5.20. The number of amides is 1. The molecular formula is C19H23N3O3. The molecule has 1 saturated heterocycles. The summed E-state index contributed by atoms with van der Waals surface area (Å²) in [6.07, 6.45) is 2.55. The molecule has 1 amide bonds. The normalized spacial score (nSPS) is 17.0. The van der Waals surface area contributed by atoms with Gasteiger partial charge in [0.15, 0.2) is 6.29 Å². The lowest BCUT2D eigenvalue weighted by molar-refractivity contribution is -0.186. The molecule has 132 valence electrons. The van der Waals surface area contributed by atoms with E-state index in [1.54, 1.807) is 12.1 Å². The van der Waals surface area contributed by atoms with Crippen molar-refractivity contribution in [2.45, 2.75) is 32.1 Å². The average molecular weight is 341 g/mol. The largest absolute Gasteiger partial charge is 0.399 e. The fraction of sp³-hybridized carbons (Fsp3) is 0.316. The van der Waals surface area contributed by atoms with Crippen LogP contribution in [0.15, 0.2) is 48.5 Å². The highest BCUT2D eigenvalue weighted by molar-refractivity contribution is 5.93. The third-order valence-corrected chi connectivity index (χ3v) is 4.04. The van der Waals surface area contributed by atoms with Crippen LogP contribution in [0.4, 0.5) is 11.4 Å². The highest BCUT2D eigenvalue weighted by Gasteiger charge is 2.16. The van der Waals surface area contributed by atoms with Crippen LogP contribution in [0.5, 0.6) is 0 Å². The molecule has 25 heavy (non-hydrogen) atoms. The maximum atomic E-state index is 12.1. The Kier molecular flexibility index (Phi) is 5.87. The molecule has 1 aliphatic rings. The summed E-state index contributed by atoms with van der Waals surface area (Å²) in [7, 11) is 0. The molecule has 0 saturated carbocycles. The van der Waals surface area contributed by atoms with Crippen molar-refractivity contribution >= 4 is 17.3 Å². The highest BCUT2D eigenvalue weighted by atomic mass is 16.8. The standard InChI is InChI=1S/C19H23N3O3/c20-16-8-10-17(11-9-16)21-13-14-4-6-15(7-5-14)19(23)22-25-18-3-1-2-12-24-18/h4-11,18,21H,1-3,12-13,20H2,(H,22,23). The maximum absolute atomic E-state index is 12.1. The van der Waals surface area contributed by atoms with E-state index in [4.69, 9.17) is 15.3 Å². The van der Waals surface area contributed by atoms with E-state index in [9.17, 15) is 4.79 Å². The van der Waals surface area contributed by atoms with Gasteiger partial charge in [0.2, 0.25) is 0 Å². The molecule has 0 aliphatic carbocycles. The van der Waals surface area contributed by atoms with Gasteiger partial charge in [0.05, 0.1) is 0 Å². The Morgan fingerprint density at radius 1 is 1.12 bits per heavy atom. The van der Waals surface area contributed by atoms with E-state index >= 15 is 0 Å². The van der Waals surface area contributed by atoms with Crippen molar-refractivity contribution in [1.29, 1.82) is 0 Å². The molecule has 0 aromatic heterocycles. The summed E-state index contributed by atoms with van der Waals surface area (Å²) in [4.78, 5) is 17.4. The number of hydrogen-bond acceptors (Lipinski definition) is 5. The van der Waals surface area contributed by atoms with Crippen LogP contribution in [0.1, 0.15) is 35.2 Å². The predicted molar refractivity (Wildman–Crippen MR) is 96.8 cm³/mol. The Labute approximate surface area is 147 Å². The minimum atomic E-state index is -0.346. The predicted octanol–water partition coefficient (Wildman–Crippen LogP) is 3.07. The lowest BCUT2D eigenvalue weighted by atomic mass is 10.1. The van der Waals surface area contributed by atoms with Gasteiger partial charge in [-0.3, -0.25) is 4.79 Å². The van der Waals surface area contributed by atoms with Crippen molar-refractivity contribution in [1.82, 2.24) is 5.48 Å². The van der Waals surface area contributed by atoms with Crippen LogP contribution in [0.3, 0.4) is 0 Å². The monoisotopic (exact) mass is 341 g/mol. The Morgan fingerprint density at radius 2 is 1.88 bits per heavy atom. The quantitative estimate of drug-likeness (QED) is 0.555. The first-order chi connectivity index (χ1) is 12.2. The van der Waals surface area contributed by atoms with Gasteiger partial charge in [-0.05, 0) is 54.8 Å². The van der Waals surface area contributed by atoms with Crippen molar-refractivity contribution in [2.24, 2.45) is 0 Å². The van der Waals surface area contributed by atoms with Crippen LogP contribution < -0.4 is 16.5 Å². The molecule has 3 rings (SSSR count). The van der Waals surface area contributed by atoms with Gasteiger partial charge >= 0.3 is 0 Å². The molecule has 1 heterocycles. The van der Waals surface area contributed by atoms with Gasteiger partial charge < -0.3 is 15.8 Å². The van der Waals surface area contributed by atoms with Crippen molar-refractivity contribution in [2.75, 3.05) is 17.7 Å². The first-order valence-corrected chi connectivity index (χ1v) is 8.47. The number of rotatable bonds is 6. The molecule has 4 N–H and O–H groups in total. The molecule has 6 heteroatoms. The van der Waals surface area contributed by atoms with Gasteiger partial charge in [-0.15, -0.1) is 0 Å². The molecule has 0 radical (unpaired) electrons. The number of carbonyl (C=O) groups is 1. The highest BCUT2D eigenvalue weighted by Crippen LogP contribution is 2.14. The number of anilines is 2. The van der Waals surface area contributed by atoms with Crippen molar-refractivity contribution in [3.8, 4) is 0 Å². The lowest BCUT2D eigenvalue weighted by Crippen LogP contribution is -2.33. The van der Waals surface area contributed by atoms with Gasteiger partial charge in [0.1, 0.15) is 0 Å². The molecule has 0 bridgehead atoms. The second-order valence-electron chi connectivity index (χ2n) is 6.02. The number of hydrogen-bond donors (Lipinski definition) is 3. The fourth-order valence-corrected chi connectivity index (χ4v) is 2.56. The first kappa shape index (κ1) is 17.3. The summed E-state index contributed by atoms with van der Waals surface area (Å²) in [5, 5.41) is 3.31. The van der Waals surface area contributed by atoms with E-state index in [0.717, 1.165) is 36.2 Å². The second-order valence-corrected chi connectivity index (χ2v) is 6.02. The lowest BCUT2D eigenvalue weighted by Gasteiger charge is -2.22. The smallest absolute Gasteiger partial charge is 0.274 e. The number of carbonyl (C=O) groups excluding carboxylic acids is 1. The zero-order valence-corrected chi connectivity index (χ0v) is 14.0. The molecule has 0 spiro atoms. The summed E-state index contributed by atoms with van der Waals surface area (Å²) in [5.74, 6) is -0.271. The van der Waals surface area contributed by atoms with Gasteiger partial charge in [-0.1, -0.05) is 12.1 Å². The maximum Gasteiger partial charge on any atom is 0.274 e. The van der Waals surface area contributed by atoms with E-state index in [2.05, 4.69) is 10.8 Å². The number of nitrogen functional groups attached to an aromatic ring is 1. The summed E-state index contributed by atoms with van der Waals surface area (Å²) < 4.78 is 5.41. The van der Waals surface area contributed by atoms with E-state index in [0.29, 0.717) is 18.7 Å². The number of nitrogens with one attached hydrogen (secondary N) is 2. The first-order valence-electron chi connectivity index (χ1n) is 8.47. The molecular weight excluding hydrogens is 318 g/mol. The topological polar surface area (TPSA) is 85.6 Å². The van der Waals surface area contributed by atoms with Crippen molar-refractivity contribution in [3.05, 3.63) is 59.7 Å². The number of benzene rings is 2. The molecule has 1 fully saturated rings. The van der Waals surface area contributed by atoms with E-state index < -0.39 is 0 Å². The van der Waals surface area contributed by atoms with Crippen molar-refractivity contribution < 1.29 is 14.4 Å². The Balaban J connectivity index is 1.47. The van der Waals surface area contributed by atoms with Crippen LogP contribution in [0.2, 0.25) is 0 Å². The molecule has 1 atom stereocenters. The van der Waals surface area contributed by atoms with Gasteiger partial charge in [-0.2, -0.15) is 0 Å². The van der Waals surface area contributed by atoms with Gasteiger partial charge in [0.25, 0.3) is 5.91 Å². The van der Waals surface area contributed by atoms with E-state index in [1.165, 1.54) is 0 Å². The minimum Gasteiger partial charge on any atom is -0.399 e. The number of nitrogens with two attached hydrogens (primary N) is 1. The van der Waals surface area contributed by atoms with Crippen LogP contribution in [0.25, 0.3) is 0 Å². The second kappa shape index (κ2) is 8.50. The van der Waals surface area contributed by atoms with Crippen LogP contribution >= 0.6 is 0 Å². The Bertz CT molecular complexity index is 680. The van der Waals surface area contributed by atoms with Gasteiger partial charge in [-0.25, -0.2) is 10.3 Å². The van der Waals surface area contributed by atoms with Crippen LogP contribution in [-0.4, -0.2) is 18.8 Å². The van der Waals surface area contributed by atoms with Crippen molar-refractivity contribution in [3.63, 3.8) is 0 Å². The van der Waals surface area contributed by atoms with Crippen LogP contribution in [0, 0.1) is 0 Å². The zero-order chi connectivity index (χ0) is 17.5. The molecule has 1 aliphatic heterocycles. The SMILES string of the molecule is Nc1ccc(NCc2ccc(C(=O)NOC3CCCCO3)cc2)cc1. The average Bonchev–Trinajstić information content (AvgIpc) is 2.67. The Morgan fingerprint density at radius 3 is 2.56 bits per heavy atom. The number of hydroxylamine groups is 1. The molecule has 6 nitrogen and oxygen atoms in total. The molecule has 1 unspecified atom stereocenters. The molecule has 2 aromatic carbocycles. The summed E-state index contributed by atoms with van der Waals surface area (Å²) in [6, 6.07) is 15.0. The Hall–Kier alpha value is -2.57.